The van der Waals surface area contributed by atoms with Gasteiger partial charge in [0.1, 0.15) is 0 Å². The van der Waals surface area contributed by atoms with Gasteiger partial charge in [-0.2, -0.15) is 0 Å². The van der Waals surface area contributed by atoms with Crippen molar-refractivity contribution >= 4 is 114 Å². The van der Waals surface area contributed by atoms with E-state index >= 15 is 0 Å². The predicted octanol–water partition coefficient (Wildman–Crippen LogP) is 16.8. The topological polar surface area (TPSA) is 9.72 Å². The molecule has 2 heterocycles. The van der Waals surface area contributed by atoms with E-state index in [-0.39, 0.29) is 0 Å². The fourth-order valence-corrected chi connectivity index (χ4v) is 10.6. The van der Waals surface area contributed by atoms with Gasteiger partial charge in [0.15, 0.2) is 0 Å². The van der Waals surface area contributed by atoms with Crippen molar-refractivity contribution in [3.05, 3.63) is 224 Å². The minimum Gasteiger partial charge on any atom is -0.310 e. The number of benzene rings is 9. The first-order valence-corrected chi connectivity index (χ1v) is 21.5. The summed E-state index contributed by atoms with van der Waals surface area (Å²) >= 11 is 3.71. The molecule has 0 aliphatic rings. The van der Waals surface area contributed by atoms with Crippen molar-refractivity contribution < 1.29 is 0 Å². The van der Waals surface area contributed by atoms with Gasteiger partial charge in [-0.1, -0.05) is 115 Å². The molecule has 280 valence electrons. The smallest absolute Gasteiger partial charge is 0.0661 e. The molecule has 59 heavy (non-hydrogen) atoms. The maximum absolute atomic E-state index is 2.42. The summed E-state index contributed by atoms with van der Waals surface area (Å²) in [4.78, 5) is 7.17. The summed E-state index contributed by atoms with van der Waals surface area (Å²) in [7, 11) is 0. The van der Waals surface area contributed by atoms with Crippen LogP contribution < -0.4 is 14.7 Å². The van der Waals surface area contributed by atoms with Crippen molar-refractivity contribution in [2.24, 2.45) is 0 Å². The fraction of sp³-hybridized carbons (Fsp3) is 0. The summed E-state index contributed by atoms with van der Waals surface area (Å²) in [6.45, 7) is 0. The lowest BCUT2D eigenvalue weighted by Gasteiger charge is -2.30. The normalized spacial score (nSPS) is 11.4. The van der Waals surface area contributed by atoms with Gasteiger partial charge in [0.2, 0.25) is 0 Å². The summed E-state index contributed by atoms with van der Waals surface area (Å²) in [5.41, 5.74) is 10.1. The van der Waals surface area contributed by atoms with E-state index in [1.165, 1.54) is 40.3 Å². The lowest BCUT2D eigenvalue weighted by Crippen LogP contribution is -2.13. The SMILES string of the molecule is c1ccc(N(c2ccccc2)c2ccc3sc4cc(N(c5ccccc5)c5cc(N(c6ccccc6)c6ccccc6)c6sc7ccccc7c6c5)ccc4c3c2)cc1. The second kappa shape index (κ2) is 15.0. The van der Waals surface area contributed by atoms with E-state index in [4.69, 9.17) is 0 Å². The van der Waals surface area contributed by atoms with Gasteiger partial charge in [0, 0.05) is 81.1 Å². The Labute approximate surface area is 351 Å². The Balaban J connectivity index is 1.10. The third kappa shape index (κ3) is 6.38. The molecule has 5 heteroatoms. The number of hydrogen-bond donors (Lipinski definition) is 0. The molecular weight excluding hydrogens is 755 g/mol. The predicted molar refractivity (Wildman–Crippen MR) is 256 cm³/mol. The molecule has 0 fully saturated rings. The van der Waals surface area contributed by atoms with Crippen molar-refractivity contribution in [2.75, 3.05) is 14.7 Å². The van der Waals surface area contributed by atoms with Crippen LogP contribution in [0.1, 0.15) is 0 Å². The van der Waals surface area contributed by atoms with Gasteiger partial charge < -0.3 is 14.7 Å². The molecule has 0 amide bonds. The monoisotopic (exact) mass is 791 g/mol. The largest absolute Gasteiger partial charge is 0.310 e. The third-order valence-corrected chi connectivity index (χ3v) is 13.3. The molecule has 0 spiro atoms. The highest BCUT2D eigenvalue weighted by Gasteiger charge is 2.23. The van der Waals surface area contributed by atoms with Crippen LogP contribution in [0, 0.1) is 0 Å². The zero-order chi connectivity index (χ0) is 39.1. The van der Waals surface area contributed by atoms with Crippen LogP contribution in [0.2, 0.25) is 0 Å². The number of rotatable bonds is 9. The second-order valence-corrected chi connectivity index (χ2v) is 16.7. The molecule has 0 atom stereocenters. The lowest BCUT2D eigenvalue weighted by molar-refractivity contribution is 1.27. The van der Waals surface area contributed by atoms with Gasteiger partial charge >= 0.3 is 0 Å². The zero-order valence-electron chi connectivity index (χ0n) is 32.0. The molecule has 0 bridgehead atoms. The molecule has 11 rings (SSSR count). The van der Waals surface area contributed by atoms with E-state index in [1.807, 2.05) is 22.7 Å². The molecule has 0 saturated heterocycles. The molecule has 0 aliphatic carbocycles. The summed E-state index contributed by atoms with van der Waals surface area (Å²) < 4.78 is 5.05. The number of anilines is 9. The first-order valence-electron chi connectivity index (χ1n) is 19.8. The highest BCUT2D eigenvalue weighted by molar-refractivity contribution is 7.26. The van der Waals surface area contributed by atoms with Gasteiger partial charge in [0.25, 0.3) is 0 Å². The Kier molecular flexibility index (Phi) is 8.88. The highest BCUT2D eigenvalue weighted by Crippen LogP contribution is 2.50. The van der Waals surface area contributed by atoms with Crippen LogP contribution in [0.15, 0.2) is 224 Å². The first-order chi connectivity index (χ1) is 29.3. The molecule has 0 aliphatic heterocycles. The minimum absolute atomic E-state index is 1.10. The molecule has 11 aromatic rings. The van der Waals surface area contributed by atoms with Crippen LogP contribution in [0.3, 0.4) is 0 Å². The average Bonchev–Trinajstić information content (AvgIpc) is 3.86. The molecule has 3 nitrogen and oxygen atoms in total. The van der Waals surface area contributed by atoms with Crippen LogP contribution in [-0.2, 0) is 0 Å². The van der Waals surface area contributed by atoms with Crippen molar-refractivity contribution in [2.45, 2.75) is 0 Å². The van der Waals surface area contributed by atoms with Crippen molar-refractivity contribution in [3.63, 3.8) is 0 Å². The second-order valence-electron chi connectivity index (χ2n) is 14.6. The van der Waals surface area contributed by atoms with E-state index in [9.17, 15) is 0 Å². The van der Waals surface area contributed by atoms with Crippen LogP contribution in [0.25, 0.3) is 40.3 Å². The summed E-state index contributed by atoms with van der Waals surface area (Å²) in [5, 5.41) is 5.02. The molecular formula is C54H37N3S2. The molecule has 0 unspecified atom stereocenters. The molecule has 0 saturated carbocycles. The number of nitrogens with zero attached hydrogens (tertiary/aromatic N) is 3. The van der Waals surface area contributed by atoms with Gasteiger partial charge in [-0.3, -0.25) is 0 Å². The molecule has 0 radical (unpaired) electrons. The number of para-hydroxylation sites is 5. The number of fused-ring (bicyclic) bond motifs is 6. The Morgan fingerprint density at radius 3 is 1.24 bits per heavy atom. The Morgan fingerprint density at radius 2 is 0.661 bits per heavy atom. The Morgan fingerprint density at radius 1 is 0.237 bits per heavy atom. The van der Waals surface area contributed by atoms with Gasteiger partial charge in [-0.15, -0.1) is 22.7 Å². The summed E-state index contributed by atoms with van der Waals surface area (Å²) in [6.07, 6.45) is 0. The maximum Gasteiger partial charge on any atom is 0.0661 e. The first kappa shape index (κ1) is 35.0. The molecule has 2 aromatic heterocycles. The number of thiophene rings is 2. The maximum atomic E-state index is 2.42. The summed E-state index contributed by atoms with van der Waals surface area (Å²) in [5.74, 6) is 0. The van der Waals surface area contributed by atoms with Gasteiger partial charge in [0.05, 0.1) is 10.4 Å². The Hall–Kier alpha value is -7.18. The van der Waals surface area contributed by atoms with Crippen molar-refractivity contribution in [1.82, 2.24) is 0 Å². The van der Waals surface area contributed by atoms with Crippen LogP contribution >= 0.6 is 22.7 Å². The van der Waals surface area contributed by atoms with Crippen molar-refractivity contribution in [3.8, 4) is 0 Å². The van der Waals surface area contributed by atoms with E-state index in [0.717, 1.165) is 51.2 Å². The third-order valence-electron chi connectivity index (χ3n) is 11.0. The minimum atomic E-state index is 1.10. The average molecular weight is 792 g/mol. The zero-order valence-corrected chi connectivity index (χ0v) is 33.7. The van der Waals surface area contributed by atoms with Crippen LogP contribution in [0.4, 0.5) is 51.2 Å². The van der Waals surface area contributed by atoms with Gasteiger partial charge in [-0.25, -0.2) is 0 Å². The lowest BCUT2D eigenvalue weighted by atomic mass is 10.1. The van der Waals surface area contributed by atoms with Crippen LogP contribution in [-0.4, -0.2) is 0 Å². The van der Waals surface area contributed by atoms with E-state index in [0.29, 0.717) is 0 Å². The quantitative estimate of drug-likeness (QED) is 0.144. The molecule has 9 aromatic carbocycles. The highest BCUT2D eigenvalue weighted by atomic mass is 32.1. The Bertz CT molecular complexity index is 3140. The van der Waals surface area contributed by atoms with E-state index < -0.39 is 0 Å². The van der Waals surface area contributed by atoms with Crippen molar-refractivity contribution in [1.29, 1.82) is 0 Å². The summed E-state index contributed by atoms with van der Waals surface area (Å²) in [6, 6.07) is 81.0. The fourth-order valence-electron chi connectivity index (χ4n) is 8.33. The van der Waals surface area contributed by atoms with Gasteiger partial charge in [-0.05, 0) is 109 Å². The van der Waals surface area contributed by atoms with E-state index in [2.05, 4.69) is 239 Å². The standard InChI is InChI=1S/C54H37N3S2/c1-6-18-38(19-7-1)55(39-20-8-2-9-21-39)43-31-33-52-48(34-43)47-32-30-44(37-53(47)58-52)56(40-22-10-3-11-23-40)45-35-49-46-28-16-17-29-51(46)59-54(49)50(36-45)57(41-24-12-4-13-25-41)42-26-14-5-15-27-42/h1-37H. The number of hydrogen-bond acceptors (Lipinski definition) is 5. The van der Waals surface area contributed by atoms with Crippen LogP contribution in [0.5, 0.6) is 0 Å². The molecule has 0 N–H and O–H groups in total. The van der Waals surface area contributed by atoms with E-state index in [1.54, 1.807) is 0 Å².